The maximum Gasteiger partial charge on any atom is 0.113 e. The van der Waals surface area contributed by atoms with Gasteiger partial charge in [-0.2, -0.15) is 0 Å². The summed E-state index contributed by atoms with van der Waals surface area (Å²) in [4.78, 5) is 4.90. The van der Waals surface area contributed by atoms with Gasteiger partial charge in [-0.3, -0.25) is 0 Å². The number of aromatic nitrogens is 1. The summed E-state index contributed by atoms with van der Waals surface area (Å²) >= 11 is 1.81. The molecule has 1 unspecified atom stereocenters. The number of thiazole rings is 1. The minimum Gasteiger partial charge on any atom is -0.381 e. The molecule has 0 bridgehead atoms. The van der Waals surface area contributed by atoms with Crippen LogP contribution in [0.3, 0.4) is 0 Å². The SMILES string of the molecule is CCCNC1(c2nc(C(C)C)cs2)CCCOCC1. The Morgan fingerprint density at radius 1 is 1.42 bits per heavy atom. The van der Waals surface area contributed by atoms with E-state index in [4.69, 9.17) is 9.72 Å². The smallest absolute Gasteiger partial charge is 0.113 e. The molecule has 1 aliphatic heterocycles. The Hall–Kier alpha value is -0.450. The molecule has 1 aromatic heterocycles. The van der Waals surface area contributed by atoms with Crippen molar-refractivity contribution in [2.45, 2.75) is 57.9 Å². The molecule has 1 aromatic rings. The third kappa shape index (κ3) is 3.56. The molecular weight excluding hydrogens is 256 g/mol. The molecule has 108 valence electrons. The number of rotatable bonds is 5. The van der Waals surface area contributed by atoms with E-state index < -0.39 is 0 Å². The Balaban J connectivity index is 2.23. The highest BCUT2D eigenvalue weighted by Crippen LogP contribution is 2.35. The summed E-state index contributed by atoms with van der Waals surface area (Å²) in [7, 11) is 0. The van der Waals surface area contributed by atoms with Crippen LogP contribution < -0.4 is 5.32 Å². The van der Waals surface area contributed by atoms with E-state index in [2.05, 4.69) is 31.5 Å². The monoisotopic (exact) mass is 282 g/mol. The first kappa shape index (κ1) is 14.9. The van der Waals surface area contributed by atoms with Crippen LogP contribution in [0.25, 0.3) is 0 Å². The summed E-state index contributed by atoms with van der Waals surface area (Å²) in [5.41, 5.74) is 1.27. The molecule has 0 amide bonds. The largest absolute Gasteiger partial charge is 0.381 e. The molecule has 0 spiro atoms. The topological polar surface area (TPSA) is 34.2 Å². The Kier molecular flexibility index (Phi) is 5.37. The number of hydrogen-bond donors (Lipinski definition) is 1. The quantitative estimate of drug-likeness (QED) is 0.895. The molecule has 1 N–H and O–H groups in total. The zero-order chi connectivity index (χ0) is 13.7. The predicted octanol–water partition coefficient (Wildman–Crippen LogP) is 3.66. The first-order valence-corrected chi connectivity index (χ1v) is 8.34. The lowest BCUT2D eigenvalue weighted by Crippen LogP contribution is -2.43. The van der Waals surface area contributed by atoms with E-state index in [0.29, 0.717) is 5.92 Å². The van der Waals surface area contributed by atoms with Crippen LogP contribution in [0.4, 0.5) is 0 Å². The zero-order valence-corrected chi connectivity index (χ0v) is 13.2. The summed E-state index contributed by atoms with van der Waals surface area (Å²) < 4.78 is 5.64. The molecule has 2 heterocycles. The normalized spacial score (nSPS) is 24.6. The molecular formula is C15H26N2OS. The van der Waals surface area contributed by atoms with Gasteiger partial charge < -0.3 is 10.1 Å². The van der Waals surface area contributed by atoms with Gasteiger partial charge in [0.1, 0.15) is 5.01 Å². The van der Waals surface area contributed by atoms with E-state index in [0.717, 1.165) is 45.4 Å². The van der Waals surface area contributed by atoms with Crippen molar-refractivity contribution in [2.24, 2.45) is 0 Å². The third-order valence-electron chi connectivity index (χ3n) is 3.80. The molecule has 19 heavy (non-hydrogen) atoms. The standard InChI is InChI=1S/C15H26N2OS/c1-4-8-16-15(6-5-9-18-10-7-15)14-17-13(11-19-14)12(2)3/h11-12,16H,4-10H2,1-3H3. The van der Waals surface area contributed by atoms with Gasteiger partial charge in [0, 0.05) is 18.6 Å². The Morgan fingerprint density at radius 3 is 2.95 bits per heavy atom. The maximum absolute atomic E-state index is 5.64. The number of ether oxygens (including phenoxy) is 1. The van der Waals surface area contributed by atoms with E-state index in [1.165, 1.54) is 10.7 Å². The van der Waals surface area contributed by atoms with E-state index in [-0.39, 0.29) is 5.54 Å². The third-order valence-corrected chi connectivity index (χ3v) is 4.87. The van der Waals surface area contributed by atoms with Crippen molar-refractivity contribution in [3.8, 4) is 0 Å². The average Bonchev–Trinajstić information content (AvgIpc) is 2.78. The van der Waals surface area contributed by atoms with Crippen LogP contribution in [-0.2, 0) is 10.3 Å². The number of nitrogens with zero attached hydrogens (tertiary/aromatic N) is 1. The van der Waals surface area contributed by atoms with E-state index in [1.807, 2.05) is 11.3 Å². The molecule has 1 atom stereocenters. The highest BCUT2D eigenvalue weighted by molar-refractivity contribution is 7.09. The first-order valence-electron chi connectivity index (χ1n) is 7.46. The van der Waals surface area contributed by atoms with Crippen molar-refractivity contribution in [1.29, 1.82) is 0 Å². The van der Waals surface area contributed by atoms with Crippen molar-refractivity contribution >= 4 is 11.3 Å². The second kappa shape index (κ2) is 6.82. The average molecular weight is 282 g/mol. The van der Waals surface area contributed by atoms with Crippen molar-refractivity contribution in [1.82, 2.24) is 10.3 Å². The molecule has 0 aliphatic carbocycles. The summed E-state index contributed by atoms with van der Waals surface area (Å²) in [6.45, 7) is 9.42. The van der Waals surface area contributed by atoms with Gasteiger partial charge in [-0.25, -0.2) is 4.98 Å². The minimum atomic E-state index is 0.0459. The molecule has 3 nitrogen and oxygen atoms in total. The molecule has 0 aromatic carbocycles. The summed E-state index contributed by atoms with van der Waals surface area (Å²) in [5, 5.41) is 7.24. The lowest BCUT2D eigenvalue weighted by molar-refractivity contribution is 0.136. The summed E-state index contributed by atoms with van der Waals surface area (Å²) in [5.74, 6) is 0.509. The molecule has 0 saturated carbocycles. The molecule has 1 aliphatic rings. The van der Waals surface area contributed by atoms with Crippen molar-refractivity contribution in [3.63, 3.8) is 0 Å². The van der Waals surface area contributed by atoms with E-state index in [9.17, 15) is 0 Å². The lowest BCUT2D eigenvalue weighted by atomic mass is 9.91. The van der Waals surface area contributed by atoms with Crippen LogP contribution in [0.5, 0.6) is 0 Å². The molecule has 4 heteroatoms. The highest BCUT2D eigenvalue weighted by atomic mass is 32.1. The maximum atomic E-state index is 5.64. The van der Waals surface area contributed by atoms with Gasteiger partial charge in [-0.1, -0.05) is 20.8 Å². The fraction of sp³-hybridized carbons (Fsp3) is 0.800. The predicted molar refractivity (Wildman–Crippen MR) is 80.8 cm³/mol. The van der Waals surface area contributed by atoms with Gasteiger partial charge >= 0.3 is 0 Å². The minimum absolute atomic E-state index is 0.0459. The van der Waals surface area contributed by atoms with Gasteiger partial charge in [-0.05, 0) is 38.1 Å². The van der Waals surface area contributed by atoms with Crippen molar-refractivity contribution in [2.75, 3.05) is 19.8 Å². The number of nitrogens with one attached hydrogen (secondary N) is 1. The van der Waals surface area contributed by atoms with Crippen molar-refractivity contribution in [3.05, 3.63) is 16.1 Å². The second-order valence-corrected chi connectivity index (χ2v) is 6.57. The van der Waals surface area contributed by atoms with Gasteiger partial charge in [0.15, 0.2) is 0 Å². The van der Waals surface area contributed by atoms with E-state index >= 15 is 0 Å². The Labute approximate surface area is 120 Å². The molecule has 0 radical (unpaired) electrons. The van der Waals surface area contributed by atoms with Gasteiger partial charge in [0.25, 0.3) is 0 Å². The summed E-state index contributed by atoms with van der Waals surface area (Å²) in [6, 6.07) is 0. The second-order valence-electron chi connectivity index (χ2n) is 5.71. The van der Waals surface area contributed by atoms with Crippen LogP contribution >= 0.6 is 11.3 Å². The van der Waals surface area contributed by atoms with Crippen LogP contribution in [0, 0.1) is 0 Å². The highest BCUT2D eigenvalue weighted by Gasteiger charge is 2.35. The van der Waals surface area contributed by atoms with Crippen LogP contribution in [-0.4, -0.2) is 24.7 Å². The molecule has 1 saturated heterocycles. The van der Waals surface area contributed by atoms with Crippen molar-refractivity contribution < 1.29 is 4.74 Å². The van der Waals surface area contributed by atoms with Crippen LogP contribution in [0.2, 0.25) is 0 Å². The number of hydrogen-bond acceptors (Lipinski definition) is 4. The fourth-order valence-corrected chi connectivity index (χ4v) is 3.77. The Bertz CT molecular complexity index is 381. The van der Waals surface area contributed by atoms with Gasteiger partial charge in [0.2, 0.25) is 0 Å². The fourth-order valence-electron chi connectivity index (χ4n) is 2.55. The van der Waals surface area contributed by atoms with Crippen LogP contribution in [0.1, 0.15) is 63.1 Å². The zero-order valence-electron chi connectivity index (χ0n) is 12.4. The molecule has 1 fully saturated rings. The molecule has 2 rings (SSSR count). The Morgan fingerprint density at radius 2 is 2.26 bits per heavy atom. The van der Waals surface area contributed by atoms with Crippen LogP contribution in [0.15, 0.2) is 5.38 Å². The summed E-state index contributed by atoms with van der Waals surface area (Å²) in [6.07, 6.45) is 4.45. The lowest BCUT2D eigenvalue weighted by Gasteiger charge is -2.31. The van der Waals surface area contributed by atoms with Gasteiger partial charge in [-0.15, -0.1) is 11.3 Å². The van der Waals surface area contributed by atoms with E-state index in [1.54, 1.807) is 0 Å². The van der Waals surface area contributed by atoms with Gasteiger partial charge in [0.05, 0.1) is 11.2 Å². The first-order chi connectivity index (χ1) is 9.18.